The lowest BCUT2D eigenvalue weighted by atomic mass is 10.00. The Morgan fingerprint density at radius 1 is 1.10 bits per heavy atom. The van der Waals surface area contributed by atoms with Crippen molar-refractivity contribution in [2.45, 2.75) is 55.0 Å². The number of aromatic nitrogens is 1. The van der Waals surface area contributed by atoms with Crippen molar-refractivity contribution in [3.8, 4) is 0 Å². The van der Waals surface area contributed by atoms with Gasteiger partial charge in [-0.1, -0.05) is 36.7 Å². The predicted octanol–water partition coefficient (Wildman–Crippen LogP) is 4.92. The van der Waals surface area contributed by atoms with Crippen LogP contribution in [0.5, 0.6) is 0 Å². The first-order valence-corrected chi connectivity index (χ1v) is 12.2. The van der Waals surface area contributed by atoms with Crippen LogP contribution in [0.4, 0.5) is 0 Å². The van der Waals surface area contributed by atoms with E-state index in [1.54, 1.807) is 29.0 Å². The van der Waals surface area contributed by atoms with Crippen LogP contribution in [0.2, 0.25) is 5.02 Å². The summed E-state index contributed by atoms with van der Waals surface area (Å²) in [4.78, 5) is 15.4. The van der Waals surface area contributed by atoms with Crippen LogP contribution in [-0.4, -0.2) is 36.4 Å². The normalized spacial score (nSPS) is 17.4. The molecule has 1 aromatic heterocycles. The van der Waals surface area contributed by atoms with E-state index in [4.69, 9.17) is 11.6 Å². The molecule has 1 aliphatic heterocycles. The van der Waals surface area contributed by atoms with E-state index >= 15 is 0 Å². The standard InChI is InChI=1S/C23H25ClN2O3S/c1-2-18-7-5-6-14-26(18)23(27)16-25-15-22(20-8-3-4-9-21(20)25)30(28,29)19-12-10-17(24)11-13-19/h3-4,8-13,15,18H,2,5-7,14,16H2,1H3. The number of halogens is 1. The number of hydrogen-bond acceptors (Lipinski definition) is 3. The molecule has 2 heterocycles. The Balaban J connectivity index is 1.72. The number of carbonyl (C=O) groups is 1. The Bertz CT molecular complexity index is 1170. The lowest BCUT2D eigenvalue weighted by molar-refractivity contribution is -0.135. The number of amides is 1. The first kappa shape index (κ1) is 20.9. The van der Waals surface area contributed by atoms with E-state index in [-0.39, 0.29) is 28.3 Å². The predicted molar refractivity (Wildman–Crippen MR) is 118 cm³/mol. The van der Waals surface area contributed by atoms with E-state index < -0.39 is 9.84 Å². The second-order valence-electron chi connectivity index (χ2n) is 7.74. The van der Waals surface area contributed by atoms with E-state index in [0.29, 0.717) is 10.4 Å². The number of para-hydroxylation sites is 1. The van der Waals surface area contributed by atoms with Gasteiger partial charge in [0.15, 0.2) is 0 Å². The highest BCUT2D eigenvalue weighted by Gasteiger charge is 2.27. The molecule has 5 nitrogen and oxygen atoms in total. The maximum absolute atomic E-state index is 13.3. The van der Waals surface area contributed by atoms with Crippen LogP contribution < -0.4 is 0 Å². The molecule has 0 spiro atoms. The van der Waals surface area contributed by atoms with Crippen LogP contribution >= 0.6 is 11.6 Å². The van der Waals surface area contributed by atoms with Crippen molar-refractivity contribution in [2.24, 2.45) is 0 Å². The van der Waals surface area contributed by atoms with E-state index in [0.717, 1.165) is 37.7 Å². The number of rotatable bonds is 5. The average Bonchev–Trinajstić information content (AvgIpc) is 3.13. The van der Waals surface area contributed by atoms with E-state index in [1.807, 2.05) is 23.1 Å². The molecule has 4 rings (SSSR count). The maximum Gasteiger partial charge on any atom is 0.242 e. The number of benzene rings is 2. The maximum atomic E-state index is 13.3. The molecule has 0 radical (unpaired) electrons. The summed E-state index contributed by atoms with van der Waals surface area (Å²) >= 11 is 5.92. The average molecular weight is 445 g/mol. The van der Waals surface area contributed by atoms with Gasteiger partial charge in [-0.3, -0.25) is 4.79 Å². The third-order valence-electron chi connectivity index (χ3n) is 5.89. The highest BCUT2D eigenvalue weighted by atomic mass is 35.5. The summed E-state index contributed by atoms with van der Waals surface area (Å²) in [6.45, 7) is 3.01. The summed E-state index contributed by atoms with van der Waals surface area (Å²) in [5.41, 5.74) is 0.739. The zero-order chi connectivity index (χ0) is 21.3. The third-order valence-corrected chi connectivity index (χ3v) is 7.94. The van der Waals surface area contributed by atoms with E-state index in [2.05, 4.69) is 6.92 Å². The summed E-state index contributed by atoms with van der Waals surface area (Å²) in [7, 11) is -3.74. The molecule has 0 N–H and O–H groups in total. The van der Waals surface area contributed by atoms with Gasteiger partial charge in [0.25, 0.3) is 0 Å². The first-order chi connectivity index (χ1) is 14.4. The second kappa shape index (κ2) is 8.44. The van der Waals surface area contributed by atoms with Crippen molar-refractivity contribution in [3.63, 3.8) is 0 Å². The summed E-state index contributed by atoms with van der Waals surface area (Å²) in [6.07, 6.45) is 5.74. The quantitative estimate of drug-likeness (QED) is 0.561. The van der Waals surface area contributed by atoms with Crippen molar-refractivity contribution >= 4 is 38.2 Å². The molecule has 0 saturated carbocycles. The number of sulfone groups is 1. The fourth-order valence-electron chi connectivity index (χ4n) is 4.29. The van der Waals surface area contributed by atoms with E-state index in [9.17, 15) is 13.2 Å². The van der Waals surface area contributed by atoms with Crippen LogP contribution in [0.15, 0.2) is 64.5 Å². The van der Waals surface area contributed by atoms with Crippen LogP contribution in [0.25, 0.3) is 10.9 Å². The third kappa shape index (κ3) is 3.86. The number of likely N-dealkylation sites (tertiary alicyclic amines) is 1. The summed E-state index contributed by atoms with van der Waals surface area (Å²) in [5, 5.41) is 1.10. The molecule has 3 aromatic rings. The number of hydrogen-bond donors (Lipinski definition) is 0. The van der Waals surface area contributed by atoms with Gasteiger partial charge in [0.1, 0.15) is 6.54 Å². The van der Waals surface area contributed by atoms with Gasteiger partial charge in [0.05, 0.1) is 9.79 Å². The fraction of sp³-hybridized carbons (Fsp3) is 0.348. The monoisotopic (exact) mass is 444 g/mol. The summed E-state index contributed by atoms with van der Waals surface area (Å²) < 4.78 is 28.4. The topological polar surface area (TPSA) is 59.4 Å². The van der Waals surface area contributed by atoms with Crippen molar-refractivity contribution in [2.75, 3.05) is 6.54 Å². The summed E-state index contributed by atoms with van der Waals surface area (Å²) in [5.74, 6) is 0.0396. The molecule has 1 fully saturated rings. The molecule has 1 amide bonds. The van der Waals surface area contributed by atoms with Gasteiger partial charge in [-0.05, 0) is 56.0 Å². The minimum absolute atomic E-state index is 0.0396. The fourth-order valence-corrected chi connectivity index (χ4v) is 5.89. The van der Waals surface area contributed by atoms with Gasteiger partial charge in [0.2, 0.25) is 15.7 Å². The van der Waals surface area contributed by atoms with Crippen molar-refractivity contribution in [1.29, 1.82) is 0 Å². The van der Waals surface area contributed by atoms with Crippen LogP contribution in [0, 0.1) is 0 Å². The van der Waals surface area contributed by atoms with Gasteiger partial charge >= 0.3 is 0 Å². The number of piperidine rings is 1. The Kier molecular flexibility index (Phi) is 5.89. The minimum atomic E-state index is -3.74. The summed E-state index contributed by atoms with van der Waals surface area (Å²) in [6, 6.07) is 13.7. The van der Waals surface area contributed by atoms with Gasteiger partial charge in [-0.25, -0.2) is 8.42 Å². The molecule has 1 unspecified atom stereocenters. The number of fused-ring (bicyclic) bond motifs is 1. The van der Waals surface area contributed by atoms with Crippen molar-refractivity contribution in [1.82, 2.24) is 9.47 Å². The molecule has 1 saturated heterocycles. The lowest BCUT2D eigenvalue weighted by Gasteiger charge is -2.35. The van der Waals surface area contributed by atoms with Gasteiger partial charge in [-0.15, -0.1) is 0 Å². The van der Waals surface area contributed by atoms with Gasteiger partial charge in [0, 0.05) is 34.7 Å². The molecule has 1 atom stereocenters. The largest absolute Gasteiger partial charge is 0.338 e. The second-order valence-corrected chi connectivity index (χ2v) is 10.1. The Labute approximate surface area is 182 Å². The van der Waals surface area contributed by atoms with Crippen LogP contribution in [-0.2, 0) is 21.2 Å². The van der Waals surface area contributed by atoms with E-state index in [1.165, 1.54) is 12.1 Å². The Morgan fingerprint density at radius 2 is 1.83 bits per heavy atom. The number of nitrogens with zero attached hydrogens (tertiary/aromatic N) is 2. The minimum Gasteiger partial charge on any atom is -0.338 e. The van der Waals surface area contributed by atoms with Crippen LogP contribution in [0.1, 0.15) is 32.6 Å². The molecule has 0 aliphatic carbocycles. The first-order valence-electron chi connectivity index (χ1n) is 10.3. The molecular weight excluding hydrogens is 420 g/mol. The Hall–Kier alpha value is -2.31. The van der Waals surface area contributed by atoms with Gasteiger partial charge in [-0.2, -0.15) is 0 Å². The van der Waals surface area contributed by atoms with Crippen molar-refractivity contribution < 1.29 is 13.2 Å². The zero-order valence-electron chi connectivity index (χ0n) is 16.9. The zero-order valence-corrected chi connectivity index (χ0v) is 18.5. The Morgan fingerprint density at radius 3 is 2.57 bits per heavy atom. The molecule has 30 heavy (non-hydrogen) atoms. The van der Waals surface area contributed by atoms with Crippen molar-refractivity contribution in [3.05, 3.63) is 59.8 Å². The highest BCUT2D eigenvalue weighted by molar-refractivity contribution is 7.91. The molecule has 0 bridgehead atoms. The highest BCUT2D eigenvalue weighted by Crippen LogP contribution is 2.31. The van der Waals surface area contributed by atoms with Crippen LogP contribution in [0.3, 0.4) is 0 Å². The number of carbonyl (C=O) groups excluding carboxylic acids is 1. The molecule has 2 aromatic carbocycles. The lowest BCUT2D eigenvalue weighted by Crippen LogP contribution is -2.44. The molecule has 1 aliphatic rings. The molecule has 158 valence electrons. The molecular formula is C23H25ClN2O3S. The SMILES string of the molecule is CCC1CCCCN1C(=O)Cn1cc(S(=O)(=O)c2ccc(Cl)cc2)c2ccccc21. The molecule has 7 heteroatoms. The smallest absolute Gasteiger partial charge is 0.242 e. The van der Waals surface area contributed by atoms with Gasteiger partial charge < -0.3 is 9.47 Å².